The SMILES string of the molecule is O=C(NC1CCN(C2CC2)CC1)C1CC=CCC1. The van der Waals surface area contributed by atoms with E-state index in [1.54, 1.807) is 0 Å². The molecule has 1 atom stereocenters. The Bertz CT molecular complexity index is 327. The lowest BCUT2D eigenvalue weighted by atomic mass is 9.93. The van der Waals surface area contributed by atoms with E-state index in [2.05, 4.69) is 22.4 Å². The highest BCUT2D eigenvalue weighted by Crippen LogP contribution is 2.29. The van der Waals surface area contributed by atoms with E-state index in [1.165, 1.54) is 25.9 Å². The minimum absolute atomic E-state index is 0.233. The molecule has 1 N–H and O–H groups in total. The predicted octanol–water partition coefficient (Wildman–Crippen LogP) is 2.09. The number of allylic oxidation sites excluding steroid dienone is 2. The van der Waals surface area contributed by atoms with Crippen LogP contribution in [0.5, 0.6) is 0 Å². The summed E-state index contributed by atoms with van der Waals surface area (Å²) >= 11 is 0. The van der Waals surface area contributed by atoms with Crippen molar-refractivity contribution >= 4 is 5.91 Å². The second-order valence-corrected chi connectivity index (χ2v) is 6.03. The molecule has 3 rings (SSSR count). The quantitative estimate of drug-likeness (QED) is 0.776. The van der Waals surface area contributed by atoms with Crippen LogP contribution in [0, 0.1) is 5.92 Å². The average molecular weight is 248 g/mol. The molecule has 2 fully saturated rings. The Morgan fingerprint density at radius 3 is 2.44 bits per heavy atom. The Morgan fingerprint density at radius 2 is 1.83 bits per heavy atom. The van der Waals surface area contributed by atoms with Crippen LogP contribution in [0.2, 0.25) is 0 Å². The van der Waals surface area contributed by atoms with Gasteiger partial charge < -0.3 is 10.2 Å². The maximum atomic E-state index is 12.1. The number of carbonyl (C=O) groups is 1. The first-order valence-corrected chi connectivity index (χ1v) is 7.52. The van der Waals surface area contributed by atoms with Gasteiger partial charge >= 0.3 is 0 Å². The van der Waals surface area contributed by atoms with Gasteiger partial charge in [0.1, 0.15) is 0 Å². The standard InChI is InChI=1S/C15H24N2O/c18-15(12-4-2-1-3-5-12)16-13-8-10-17(11-9-13)14-6-7-14/h1-2,12-14H,3-11H2,(H,16,18). The second kappa shape index (κ2) is 5.43. The van der Waals surface area contributed by atoms with Crippen LogP contribution in [0.25, 0.3) is 0 Å². The Morgan fingerprint density at radius 1 is 1.06 bits per heavy atom. The highest BCUT2D eigenvalue weighted by molar-refractivity contribution is 5.79. The van der Waals surface area contributed by atoms with Crippen LogP contribution in [0.4, 0.5) is 0 Å². The normalized spacial score (nSPS) is 30.3. The highest BCUT2D eigenvalue weighted by Gasteiger charge is 2.32. The number of rotatable bonds is 3. The van der Waals surface area contributed by atoms with Crippen molar-refractivity contribution in [3.8, 4) is 0 Å². The van der Waals surface area contributed by atoms with Gasteiger partial charge in [-0.05, 0) is 44.9 Å². The maximum Gasteiger partial charge on any atom is 0.223 e. The van der Waals surface area contributed by atoms with Crippen molar-refractivity contribution < 1.29 is 4.79 Å². The summed E-state index contributed by atoms with van der Waals surface area (Å²) in [5.74, 6) is 0.528. The summed E-state index contributed by atoms with van der Waals surface area (Å²) in [5.41, 5.74) is 0. The summed E-state index contributed by atoms with van der Waals surface area (Å²) in [7, 11) is 0. The molecular formula is C15H24N2O. The number of hydrogen-bond donors (Lipinski definition) is 1. The van der Waals surface area contributed by atoms with Gasteiger partial charge in [-0.25, -0.2) is 0 Å². The summed E-state index contributed by atoms with van der Waals surface area (Å²) in [5, 5.41) is 3.27. The molecule has 1 aliphatic heterocycles. The third kappa shape index (κ3) is 2.94. The van der Waals surface area contributed by atoms with E-state index in [1.807, 2.05) is 0 Å². The lowest BCUT2D eigenvalue weighted by Gasteiger charge is -2.33. The number of nitrogens with one attached hydrogen (secondary N) is 1. The van der Waals surface area contributed by atoms with Gasteiger partial charge in [0.15, 0.2) is 0 Å². The molecular weight excluding hydrogens is 224 g/mol. The third-order valence-corrected chi connectivity index (χ3v) is 4.58. The molecule has 3 nitrogen and oxygen atoms in total. The lowest BCUT2D eigenvalue weighted by Crippen LogP contribution is -2.46. The summed E-state index contributed by atoms with van der Waals surface area (Å²) in [4.78, 5) is 14.7. The number of amides is 1. The van der Waals surface area contributed by atoms with E-state index in [0.717, 1.165) is 38.1 Å². The summed E-state index contributed by atoms with van der Waals surface area (Å²) in [6, 6.07) is 1.31. The number of nitrogens with zero attached hydrogens (tertiary/aromatic N) is 1. The molecule has 1 amide bonds. The van der Waals surface area contributed by atoms with E-state index in [4.69, 9.17) is 0 Å². The maximum absolute atomic E-state index is 12.1. The Balaban J connectivity index is 1.42. The molecule has 1 unspecified atom stereocenters. The van der Waals surface area contributed by atoms with Crippen molar-refractivity contribution in [1.82, 2.24) is 10.2 Å². The predicted molar refractivity (Wildman–Crippen MR) is 72.2 cm³/mol. The Labute approximate surface area is 110 Å². The van der Waals surface area contributed by atoms with Gasteiger partial charge in [0.05, 0.1) is 0 Å². The highest BCUT2D eigenvalue weighted by atomic mass is 16.1. The smallest absolute Gasteiger partial charge is 0.223 e. The molecule has 0 aromatic carbocycles. The van der Waals surface area contributed by atoms with Crippen molar-refractivity contribution in [1.29, 1.82) is 0 Å². The fraction of sp³-hybridized carbons (Fsp3) is 0.800. The molecule has 1 saturated carbocycles. The molecule has 3 heteroatoms. The van der Waals surface area contributed by atoms with E-state index < -0.39 is 0 Å². The second-order valence-electron chi connectivity index (χ2n) is 6.03. The van der Waals surface area contributed by atoms with Crippen molar-refractivity contribution in [3.63, 3.8) is 0 Å². The van der Waals surface area contributed by atoms with Crippen molar-refractivity contribution in [2.75, 3.05) is 13.1 Å². The summed E-state index contributed by atoms with van der Waals surface area (Å²) in [6.45, 7) is 2.36. The molecule has 2 aliphatic carbocycles. The lowest BCUT2D eigenvalue weighted by molar-refractivity contribution is -0.126. The van der Waals surface area contributed by atoms with Gasteiger partial charge in [-0.15, -0.1) is 0 Å². The molecule has 0 spiro atoms. The van der Waals surface area contributed by atoms with Gasteiger partial charge in [-0.3, -0.25) is 4.79 Å². The Kier molecular flexibility index (Phi) is 3.69. The van der Waals surface area contributed by atoms with Crippen molar-refractivity contribution in [2.45, 2.75) is 57.0 Å². The number of hydrogen-bond acceptors (Lipinski definition) is 2. The fourth-order valence-electron chi connectivity index (χ4n) is 3.20. The first kappa shape index (κ1) is 12.2. The minimum atomic E-state index is 0.233. The van der Waals surface area contributed by atoms with Crippen LogP contribution >= 0.6 is 0 Å². The van der Waals surface area contributed by atoms with Crippen molar-refractivity contribution in [2.24, 2.45) is 5.92 Å². The van der Waals surface area contributed by atoms with Gasteiger partial charge in [0, 0.05) is 31.1 Å². The van der Waals surface area contributed by atoms with E-state index in [9.17, 15) is 4.79 Å². The molecule has 0 radical (unpaired) electrons. The fourth-order valence-corrected chi connectivity index (χ4v) is 3.20. The van der Waals surface area contributed by atoms with Gasteiger partial charge in [-0.2, -0.15) is 0 Å². The third-order valence-electron chi connectivity index (χ3n) is 4.58. The van der Waals surface area contributed by atoms with Crippen LogP contribution in [0.15, 0.2) is 12.2 Å². The monoisotopic (exact) mass is 248 g/mol. The zero-order valence-corrected chi connectivity index (χ0v) is 11.1. The number of piperidine rings is 1. The molecule has 1 heterocycles. The van der Waals surface area contributed by atoms with Crippen molar-refractivity contribution in [3.05, 3.63) is 12.2 Å². The molecule has 0 aromatic heterocycles. The van der Waals surface area contributed by atoms with Crippen LogP contribution in [0.1, 0.15) is 44.9 Å². The Hall–Kier alpha value is -0.830. The molecule has 0 bridgehead atoms. The molecule has 1 saturated heterocycles. The summed E-state index contributed by atoms with van der Waals surface area (Å²) < 4.78 is 0. The first-order valence-electron chi connectivity index (χ1n) is 7.52. The number of likely N-dealkylation sites (tertiary alicyclic amines) is 1. The van der Waals surface area contributed by atoms with Gasteiger partial charge in [0.25, 0.3) is 0 Å². The van der Waals surface area contributed by atoms with Crippen LogP contribution < -0.4 is 5.32 Å². The molecule has 0 aromatic rings. The molecule has 100 valence electrons. The molecule has 18 heavy (non-hydrogen) atoms. The summed E-state index contributed by atoms with van der Waals surface area (Å²) in [6.07, 6.45) is 12.5. The van der Waals surface area contributed by atoms with E-state index in [0.29, 0.717) is 11.9 Å². The topological polar surface area (TPSA) is 32.3 Å². The first-order chi connectivity index (χ1) is 8.83. The van der Waals surface area contributed by atoms with Crippen LogP contribution in [-0.4, -0.2) is 36.0 Å². The van der Waals surface area contributed by atoms with Gasteiger partial charge in [0.2, 0.25) is 5.91 Å². The van der Waals surface area contributed by atoms with E-state index >= 15 is 0 Å². The van der Waals surface area contributed by atoms with E-state index in [-0.39, 0.29) is 5.92 Å². The van der Waals surface area contributed by atoms with Gasteiger partial charge in [-0.1, -0.05) is 12.2 Å². The average Bonchev–Trinajstić information content (AvgIpc) is 3.25. The zero-order valence-electron chi connectivity index (χ0n) is 11.1. The largest absolute Gasteiger partial charge is 0.353 e. The van der Waals surface area contributed by atoms with Crippen LogP contribution in [-0.2, 0) is 4.79 Å². The number of carbonyl (C=O) groups excluding carboxylic acids is 1. The minimum Gasteiger partial charge on any atom is -0.353 e. The van der Waals surface area contributed by atoms with Crippen LogP contribution in [0.3, 0.4) is 0 Å². The zero-order chi connectivity index (χ0) is 12.4. The molecule has 3 aliphatic rings.